The fraction of sp³-hybridized carbons (Fsp3) is 0.385. The van der Waals surface area contributed by atoms with Gasteiger partial charge in [-0.2, -0.15) is 0 Å². The zero-order valence-electron chi connectivity index (χ0n) is 18.6. The molecule has 2 aliphatic rings. The number of nitrogens with zero attached hydrogens (tertiary/aromatic N) is 2. The summed E-state index contributed by atoms with van der Waals surface area (Å²) >= 11 is 0. The van der Waals surface area contributed by atoms with Gasteiger partial charge in [-0.15, -0.1) is 0 Å². The summed E-state index contributed by atoms with van der Waals surface area (Å²) in [5, 5.41) is 3.51. The number of Topliss-reactive ketones (excluding diaryl/α,β-unsaturated/α-hetero) is 1. The molecule has 0 spiro atoms. The molecular formula is C26H31N3O2. The third kappa shape index (κ3) is 3.85. The van der Waals surface area contributed by atoms with Crippen LogP contribution >= 0.6 is 0 Å². The smallest absolute Gasteiger partial charge is 0.227 e. The summed E-state index contributed by atoms with van der Waals surface area (Å²) in [6.45, 7) is 8.03. The third-order valence-corrected chi connectivity index (χ3v) is 6.35. The number of para-hydroxylation sites is 2. The Labute approximate surface area is 184 Å². The molecule has 4 rings (SSSR count). The zero-order valence-corrected chi connectivity index (χ0v) is 18.6. The van der Waals surface area contributed by atoms with Crippen molar-refractivity contribution in [3.63, 3.8) is 0 Å². The first-order valence-electron chi connectivity index (χ1n) is 11.4. The molecular weight excluding hydrogens is 386 g/mol. The number of hydrogen-bond acceptors (Lipinski definition) is 4. The van der Waals surface area contributed by atoms with Crippen LogP contribution in [0.15, 0.2) is 59.8 Å². The van der Waals surface area contributed by atoms with E-state index in [0.717, 1.165) is 59.8 Å². The van der Waals surface area contributed by atoms with Crippen molar-refractivity contribution in [2.45, 2.75) is 52.5 Å². The normalized spacial score (nSPS) is 18.1. The van der Waals surface area contributed by atoms with Crippen molar-refractivity contribution < 1.29 is 9.59 Å². The highest BCUT2D eigenvalue weighted by atomic mass is 16.2. The second kappa shape index (κ2) is 8.96. The summed E-state index contributed by atoms with van der Waals surface area (Å²) < 4.78 is 0. The maximum atomic E-state index is 13.3. The van der Waals surface area contributed by atoms with Crippen LogP contribution in [0, 0.1) is 0 Å². The molecule has 31 heavy (non-hydrogen) atoms. The minimum absolute atomic E-state index is 0.0131. The van der Waals surface area contributed by atoms with Crippen molar-refractivity contribution in [1.29, 1.82) is 0 Å². The van der Waals surface area contributed by atoms with Gasteiger partial charge in [-0.3, -0.25) is 14.5 Å². The zero-order chi connectivity index (χ0) is 22.0. The summed E-state index contributed by atoms with van der Waals surface area (Å²) in [6, 6.07) is 15.8. The van der Waals surface area contributed by atoms with E-state index in [-0.39, 0.29) is 11.7 Å². The number of nitrogens with one attached hydrogen (secondary N) is 1. The second-order valence-corrected chi connectivity index (χ2v) is 8.09. The predicted octanol–water partition coefficient (Wildman–Crippen LogP) is 5.45. The van der Waals surface area contributed by atoms with Gasteiger partial charge in [0, 0.05) is 42.9 Å². The first-order chi connectivity index (χ1) is 15.1. The van der Waals surface area contributed by atoms with Crippen LogP contribution in [-0.4, -0.2) is 24.8 Å². The van der Waals surface area contributed by atoms with Crippen molar-refractivity contribution in [2.24, 2.45) is 0 Å². The topological polar surface area (TPSA) is 52.7 Å². The molecule has 1 aliphatic carbocycles. The highest BCUT2D eigenvalue weighted by molar-refractivity contribution is 6.06. The first kappa shape index (κ1) is 21.2. The Bertz CT molecular complexity index is 1010. The number of ketones is 1. The van der Waals surface area contributed by atoms with Crippen LogP contribution in [0.2, 0.25) is 0 Å². The van der Waals surface area contributed by atoms with Gasteiger partial charge in [0.05, 0.1) is 17.4 Å². The molecule has 1 atom stereocenters. The van der Waals surface area contributed by atoms with E-state index in [1.165, 1.54) is 0 Å². The minimum atomic E-state index is -0.419. The molecule has 0 bridgehead atoms. The van der Waals surface area contributed by atoms with Crippen LogP contribution in [0.4, 0.5) is 17.1 Å². The highest BCUT2D eigenvalue weighted by Crippen LogP contribution is 2.45. The molecule has 0 fully saturated rings. The van der Waals surface area contributed by atoms with Crippen LogP contribution in [0.3, 0.4) is 0 Å². The van der Waals surface area contributed by atoms with Crippen molar-refractivity contribution >= 4 is 28.8 Å². The van der Waals surface area contributed by atoms with E-state index in [0.29, 0.717) is 12.8 Å². The van der Waals surface area contributed by atoms with E-state index >= 15 is 0 Å². The maximum absolute atomic E-state index is 13.3. The van der Waals surface area contributed by atoms with Gasteiger partial charge in [0.25, 0.3) is 0 Å². The molecule has 0 saturated carbocycles. The number of fused-ring (bicyclic) bond motifs is 1. The van der Waals surface area contributed by atoms with Gasteiger partial charge < -0.3 is 10.2 Å². The molecule has 2 aromatic carbocycles. The molecule has 162 valence electrons. The average molecular weight is 418 g/mol. The van der Waals surface area contributed by atoms with Gasteiger partial charge in [0.1, 0.15) is 0 Å². The van der Waals surface area contributed by atoms with Gasteiger partial charge in [-0.1, -0.05) is 31.2 Å². The monoisotopic (exact) mass is 417 g/mol. The Morgan fingerprint density at radius 3 is 2.42 bits per heavy atom. The summed E-state index contributed by atoms with van der Waals surface area (Å²) in [4.78, 5) is 30.6. The van der Waals surface area contributed by atoms with Gasteiger partial charge >= 0.3 is 0 Å². The lowest BCUT2D eigenvalue weighted by Gasteiger charge is -2.34. The number of allylic oxidation sites excluding steroid dienone is 1. The molecule has 5 nitrogen and oxygen atoms in total. The Kier molecular flexibility index (Phi) is 6.12. The van der Waals surface area contributed by atoms with Crippen molar-refractivity contribution in [2.75, 3.05) is 28.2 Å². The van der Waals surface area contributed by atoms with Gasteiger partial charge in [-0.25, -0.2) is 0 Å². The van der Waals surface area contributed by atoms with E-state index in [9.17, 15) is 9.59 Å². The van der Waals surface area contributed by atoms with Crippen LogP contribution in [-0.2, 0) is 9.59 Å². The third-order valence-electron chi connectivity index (χ3n) is 6.35. The molecule has 1 heterocycles. The van der Waals surface area contributed by atoms with Gasteiger partial charge in [0.15, 0.2) is 5.78 Å². The predicted molar refractivity (Wildman–Crippen MR) is 126 cm³/mol. The van der Waals surface area contributed by atoms with E-state index in [1.54, 1.807) is 0 Å². The maximum Gasteiger partial charge on any atom is 0.227 e. The first-order valence-corrected chi connectivity index (χ1v) is 11.4. The number of carbonyl (C=O) groups excluding carboxylic acids is 2. The highest BCUT2D eigenvalue weighted by Gasteiger charge is 2.38. The van der Waals surface area contributed by atoms with Gasteiger partial charge in [-0.05, 0) is 56.5 Å². The molecule has 0 aromatic heterocycles. The van der Waals surface area contributed by atoms with E-state index < -0.39 is 6.04 Å². The molecule has 0 saturated heterocycles. The molecule has 5 heteroatoms. The second-order valence-electron chi connectivity index (χ2n) is 8.09. The standard InChI is InChI=1S/C26H31N3O2/c1-4-24(31)29-22-12-8-7-10-20(22)27-21-11-9-13-23(30)25(21)26(29)18-14-16-19(17-15-18)28(5-2)6-3/h7-8,10,12,14-17,26-27H,4-6,9,11,13H2,1-3H3/t26-/m1/s1. The molecule has 0 unspecified atom stereocenters. The molecule has 1 amide bonds. The number of carbonyl (C=O) groups is 2. The minimum Gasteiger partial charge on any atom is -0.372 e. The van der Waals surface area contributed by atoms with Crippen LogP contribution in [0.1, 0.15) is 58.1 Å². The lowest BCUT2D eigenvalue weighted by Crippen LogP contribution is -2.37. The lowest BCUT2D eigenvalue weighted by atomic mass is 9.85. The van der Waals surface area contributed by atoms with E-state index in [1.807, 2.05) is 36.1 Å². The quantitative estimate of drug-likeness (QED) is 0.703. The number of benzene rings is 2. The molecule has 0 radical (unpaired) electrons. The van der Waals surface area contributed by atoms with Crippen LogP contribution < -0.4 is 15.1 Å². The number of amides is 1. The van der Waals surface area contributed by atoms with Crippen LogP contribution in [0.25, 0.3) is 0 Å². The molecule has 1 aliphatic heterocycles. The summed E-state index contributed by atoms with van der Waals surface area (Å²) in [7, 11) is 0. The van der Waals surface area contributed by atoms with E-state index in [4.69, 9.17) is 0 Å². The molecule has 2 aromatic rings. The van der Waals surface area contributed by atoms with Crippen molar-refractivity contribution in [3.8, 4) is 0 Å². The molecule has 1 N–H and O–H groups in total. The SMILES string of the molecule is CCC(=O)N1c2ccccc2NC2=C(C(=O)CCC2)[C@H]1c1ccc(N(CC)CC)cc1. The summed E-state index contributed by atoms with van der Waals surface area (Å²) in [5.41, 5.74) is 5.52. The van der Waals surface area contributed by atoms with Gasteiger partial charge in [0.2, 0.25) is 5.91 Å². The Hall–Kier alpha value is -3.08. The fourth-order valence-electron chi connectivity index (χ4n) is 4.75. The number of hydrogen-bond donors (Lipinski definition) is 1. The van der Waals surface area contributed by atoms with Crippen LogP contribution in [0.5, 0.6) is 0 Å². The number of rotatable bonds is 5. The largest absolute Gasteiger partial charge is 0.372 e. The van der Waals surface area contributed by atoms with Crippen molar-refractivity contribution in [3.05, 3.63) is 65.4 Å². The summed E-state index contributed by atoms with van der Waals surface area (Å²) in [5.74, 6) is 0.146. The summed E-state index contributed by atoms with van der Waals surface area (Å²) in [6.07, 6.45) is 2.55. The Balaban J connectivity index is 1.90. The average Bonchev–Trinajstić information content (AvgIpc) is 2.95. The van der Waals surface area contributed by atoms with Crippen molar-refractivity contribution in [1.82, 2.24) is 0 Å². The Morgan fingerprint density at radius 1 is 1.03 bits per heavy atom. The lowest BCUT2D eigenvalue weighted by molar-refractivity contribution is -0.118. The fourth-order valence-corrected chi connectivity index (χ4v) is 4.75. The van der Waals surface area contributed by atoms with E-state index in [2.05, 4.69) is 48.3 Å². The number of anilines is 3. The Morgan fingerprint density at radius 2 is 1.74 bits per heavy atom.